The quantitative estimate of drug-likeness (QED) is 0.367. The van der Waals surface area contributed by atoms with Crippen molar-refractivity contribution in [1.82, 2.24) is 4.98 Å². The van der Waals surface area contributed by atoms with Crippen molar-refractivity contribution in [3.8, 4) is 0 Å². The summed E-state index contributed by atoms with van der Waals surface area (Å²) in [6, 6.07) is 17.6. The molecule has 7 nitrogen and oxygen atoms in total. The zero-order valence-corrected chi connectivity index (χ0v) is 15.3. The highest BCUT2D eigenvalue weighted by atomic mass is 32.2. The number of furan rings is 1. The summed E-state index contributed by atoms with van der Waals surface area (Å²) in [6.07, 6.45) is 0. The van der Waals surface area contributed by atoms with Gasteiger partial charge < -0.3 is 9.73 Å². The van der Waals surface area contributed by atoms with E-state index in [0.717, 1.165) is 25.5 Å². The van der Waals surface area contributed by atoms with Gasteiger partial charge in [-0.05, 0) is 42.5 Å². The molecule has 4 rings (SSSR count). The molecule has 0 aliphatic rings. The SMILES string of the molecule is O=C(Nc1ccc(Sc2nc3ccccc3s2)cc1)c1ccc([N+](=O)[O-])o1. The number of nitrogens with one attached hydrogen (secondary N) is 1. The van der Waals surface area contributed by atoms with E-state index >= 15 is 0 Å². The number of nitro groups is 1. The van der Waals surface area contributed by atoms with Crippen LogP contribution in [0.1, 0.15) is 10.6 Å². The summed E-state index contributed by atoms with van der Waals surface area (Å²) >= 11 is 3.17. The van der Waals surface area contributed by atoms with Gasteiger partial charge in [0.1, 0.15) is 4.92 Å². The third-order valence-corrected chi connectivity index (χ3v) is 5.69. The van der Waals surface area contributed by atoms with E-state index in [1.165, 1.54) is 6.07 Å². The van der Waals surface area contributed by atoms with E-state index in [2.05, 4.69) is 10.3 Å². The Kier molecular flexibility index (Phi) is 4.61. The lowest BCUT2D eigenvalue weighted by atomic mass is 10.3. The van der Waals surface area contributed by atoms with Crippen LogP contribution in [0, 0.1) is 10.1 Å². The van der Waals surface area contributed by atoms with Crippen molar-refractivity contribution in [2.75, 3.05) is 5.32 Å². The highest BCUT2D eigenvalue weighted by molar-refractivity contribution is 8.01. The van der Waals surface area contributed by atoms with Crippen molar-refractivity contribution in [3.63, 3.8) is 0 Å². The Morgan fingerprint density at radius 2 is 1.89 bits per heavy atom. The maximum absolute atomic E-state index is 12.1. The average molecular weight is 397 g/mol. The second-order valence-corrected chi connectivity index (χ2v) is 7.77. The second-order valence-electron chi connectivity index (χ2n) is 5.42. The molecule has 0 atom stereocenters. The van der Waals surface area contributed by atoms with E-state index in [0.29, 0.717) is 5.69 Å². The molecule has 1 amide bonds. The van der Waals surface area contributed by atoms with Crippen molar-refractivity contribution in [2.45, 2.75) is 9.24 Å². The normalized spacial score (nSPS) is 10.8. The number of benzene rings is 2. The first kappa shape index (κ1) is 17.3. The van der Waals surface area contributed by atoms with Crippen LogP contribution in [0.15, 0.2) is 74.3 Å². The minimum absolute atomic E-state index is 0.116. The van der Waals surface area contributed by atoms with Crippen molar-refractivity contribution in [3.05, 3.63) is 76.5 Å². The van der Waals surface area contributed by atoms with Crippen LogP contribution in [0.25, 0.3) is 10.2 Å². The Balaban J connectivity index is 1.43. The number of thiazole rings is 1. The molecule has 0 fully saturated rings. The van der Waals surface area contributed by atoms with E-state index in [4.69, 9.17) is 4.42 Å². The van der Waals surface area contributed by atoms with Gasteiger partial charge in [0.2, 0.25) is 0 Å². The van der Waals surface area contributed by atoms with Gasteiger partial charge in [0.15, 0.2) is 10.1 Å². The van der Waals surface area contributed by atoms with Crippen LogP contribution in [0.2, 0.25) is 0 Å². The number of hydrogen-bond acceptors (Lipinski definition) is 7. The summed E-state index contributed by atoms with van der Waals surface area (Å²) in [6.45, 7) is 0. The van der Waals surface area contributed by atoms with Gasteiger partial charge in [0, 0.05) is 10.6 Å². The van der Waals surface area contributed by atoms with Crippen molar-refractivity contribution in [2.24, 2.45) is 0 Å². The number of fused-ring (bicyclic) bond motifs is 1. The van der Waals surface area contributed by atoms with Gasteiger partial charge in [-0.25, -0.2) is 4.98 Å². The highest BCUT2D eigenvalue weighted by Crippen LogP contribution is 2.34. The Morgan fingerprint density at radius 1 is 1.11 bits per heavy atom. The number of anilines is 1. The van der Waals surface area contributed by atoms with Crippen LogP contribution in [0.3, 0.4) is 0 Å². The number of rotatable bonds is 5. The van der Waals surface area contributed by atoms with Crippen LogP contribution in [0.5, 0.6) is 0 Å². The van der Waals surface area contributed by atoms with Gasteiger partial charge in [0.05, 0.1) is 16.3 Å². The standard InChI is InChI=1S/C18H11N3O4S2/c22-17(14-9-10-16(25-14)21(23)24)19-11-5-7-12(8-6-11)26-18-20-13-3-1-2-4-15(13)27-18/h1-10H,(H,19,22). The molecule has 0 aliphatic heterocycles. The first-order chi connectivity index (χ1) is 13.1. The topological polar surface area (TPSA) is 98.3 Å². The van der Waals surface area contributed by atoms with E-state index in [1.54, 1.807) is 35.2 Å². The molecule has 134 valence electrons. The number of hydrogen-bond donors (Lipinski definition) is 1. The molecule has 9 heteroatoms. The number of carbonyl (C=O) groups is 1. The van der Waals surface area contributed by atoms with E-state index in [1.807, 2.05) is 36.4 Å². The fraction of sp³-hybridized carbons (Fsp3) is 0. The molecule has 0 saturated carbocycles. The molecular formula is C18H11N3O4S2. The maximum atomic E-state index is 12.1. The molecule has 2 heterocycles. The minimum atomic E-state index is -0.690. The molecule has 2 aromatic carbocycles. The number of para-hydroxylation sites is 1. The van der Waals surface area contributed by atoms with Crippen LogP contribution < -0.4 is 5.32 Å². The Bertz CT molecular complexity index is 1100. The van der Waals surface area contributed by atoms with Gasteiger partial charge in [0.25, 0.3) is 5.91 Å². The van der Waals surface area contributed by atoms with Crippen LogP contribution in [-0.2, 0) is 0 Å². The highest BCUT2D eigenvalue weighted by Gasteiger charge is 2.17. The zero-order chi connectivity index (χ0) is 18.8. The van der Waals surface area contributed by atoms with Gasteiger partial charge in [-0.2, -0.15) is 0 Å². The third kappa shape index (κ3) is 3.83. The summed E-state index contributed by atoms with van der Waals surface area (Å²) in [5.74, 6) is -1.13. The fourth-order valence-corrected chi connectivity index (χ4v) is 4.38. The molecule has 0 aliphatic carbocycles. The third-order valence-electron chi connectivity index (χ3n) is 3.59. The summed E-state index contributed by atoms with van der Waals surface area (Å²) in [5, 5.41) is 13.3. The molecule has 0 saturated heterocycles. The lowest BCUT2D eigenvalue weighted by Crippen LogP contribution is -2.10. The first-order valence-electron chi connectivity index (χ1n) is 7.77. The zero-order valence-electron chi connectivity index (χ0n) is 13.6. The largest absolute Gasteiger partial charge is 0.433 e. The number of amides is 1. The average Bonchev–Trinajstić information content (AvgIpc) is 3.30. The number of carbonyl (C=O) groups excluding carboxylic acids is 1. The second kappa shape index (κ2) is 7.22. The van der Waals surface area contributed by atoms with Gasteiger partial charge in [-0.1, -0.05) is 23.9 Å². The summed E-state index contributed by atoms with van der Waals surface area (Å²) < 4.78 is 6.96. The summed E-state index contributed by atoms with van der Waals surface area (Å²) in [4.78, 5) is 27.6. The molecule has 0 radical (unpaired) electrons. The summed E-state index contributed by atoms with van der Waals surface area (Å²) in [7, 11) is 0. The van der Waals surface area contributed by atoms with E-state index < -0.39 is 16.7 Å². The molecule has 1 N–H and O–H groups in total. The predicted molar refractivity (Wildman–Crippen MR) is 104 cm³/mol. The number of aromatic nitrogens is 1. The van der Waals surface area contributed by atoms with Crippen molar-refractivity contribution >= 4 is 50.8 Å². The first-order valence-corrected chi connectivity index (χ1v) is 9.41. The van der Waals surface area contributed by atoms with E-state index in [9.17, 15) is 14.9 Å². The fourth-order valence-electron chi connectivity index (χ4n) is 2.34. The Morgan fingerprint density at radius 3 is 2.59 bits per heavy atom. The Labute approximate surface area is 161 Å². The molecule has 0 spiro atoms. The molecule has 0 unspecified atom stereocenters. The maximum Gasteiger partial charge on any atom is 0.433 e. The molecular weight excluding hydrogens is 386 g/mol. The summed E-state index contributed by atoms with van der Waals surface area (Å²) in [5.41, 5.74) is 1.54. The van der Waals surface area contributed by atoms with Crippen LogP contribution in [-0.4, -0.2) is 15.8 Å². The minimum Gasteiger partial charge on any atom is -0.395 e. The van der Waals surface area contributed by atoms with Gasteiger partial charge >= 0.3 is 5.88 Å². The number of nitrogens with zero attached hydrogens (tertiary/aromatic N) is 2. The lowest BCUT2D eigenvalue weighted by Gasteiger charge is -2.04. The molecule has 27 heavy (non-hydrogen) atoms. The molecule has 4 aromatic rings. The monoisotopic (exact) mass is 397 g/mol. The lowest BCUT2D eigenvalue weighted by molar-refractivity contribution is -0.402. The van der Waals surface area contributed by atoms with Crippen molar-refractivity contribution in [1.29, 1.82) is 0 Å². The molecule has 2 aromatic heterocycles. The molecule has 0 bridgehead atoms. The van der Waals surface area contributed by atoms with Crippen LogP contribution >= 0.6 is 23.1 Å². The van der Waals surface area contributed by atoms with E-state index in [-0.39, 0.29) is 5.76 Å². The predicted octanol–water partition coefficient (Wildman–Crippen LogP) is 5.20. The van der Waals surface area contributed by atoms with Gasteiger partial charge in [-0.15, -0.1) is 11.3 Å². The van der Waals surface area contributed by atoms with Gasteiger partial charge in [-0.3, -0.25) is 14.9 Å². The smallest absolute Gasteiger partial charge is 0.395 e. The van der Waals surface area contributed by atoms with Crippen LogP contribution in [0.4, 0.5) is 11.6 Å². The Hall–Kier alpha value is -3.17. The van der Waals surface area contributed by atoms with Crippen molar-refractivity contribution < 1.29 is 14.1 Å².